The highest BCUT2D eigenvalue weighted by Gasteiger charge is 2.31. The van der Waals surface area contributed by atoms with E-state index in [2.05, 4.69) is 30.6 Å². The van der Waals surface area contributed by atoms with E-state index < -0.39 is 6.36 Å². The van der Waals surface area contributed by atoms with Gasteiger partial charge < -0.3 is 9.30 Å². The number of hydrogen-bond donors (Lipinski definition) is 0. The van der Waals surface area contributed by atoms with Gasteiger partial charge in [-0.2, -0.15) is 0 Å². The standard InChI is InChI=1S/C20H18BrF3N4O/c1-27-17-12-28(11-14-3-2-9-25-18(14)21)10-8-16(17)26-19(27)13-4-6-15(7-5-13)29-20(22,23)24/h2-7,9H,8,10-12H2,1H3. The molecule has 3 aromatic rings. The average Bonchev–Trinajstić information content (AvgIpc) is 2.99. The summed E-state index contributed by atoms with van der Waals surface area (Å²) < 4.78 is 43.9. The third-order valence-electron chi connectivity index (χ3n) is 4.91. The minimum Gasteiger partial charge on any atom is -0.406 e. The molecule has 0 spiro atoms. The maximum atomic E-state index is 12.4. The Labute approximate surface area is 174 Å². The van der Waals surface area contributed by atoms with Crippen LogP contribution in [0.1, 0.15) is 17.0 Å². The lowest BCUT2D eigenvalue weighted by Gasteiger charge is -2.27. The van der Waals surface area contributed by atoms with E-state index in [1.807, 2.05) is 23.7 Å². The summed E-state index contributed by atoms with van der Waals surface area (Å²) in [6.07, 6.45) is -2.13. The molecule has 5 nitrogen and oxygen atoms in total. The molecule has 4 rings (SSSR count). The zero-order valence-electron chi connectivity index (χ0n) is 15.6. The molecule has 1 aliphatic rings. The largest absolute Gasteiger partial charge is 0.573 e. The lowest BCUT2D eigenvalue weighted by molar-refractivity contribution is -0.274. The fourth-order valence-electron chi connectivity index (χ4n) is 3.52. The van der Waals surface area contributed by atoms with Crippen LogP contribution in [0.5, 0.6) is 5.75 Å². The number of fused-ring (bicyclic) bond motifs is 1. The molecule has 0 bridgehead atoms. The van der Waals surface area contributed by atoms with E-state index in [1.54, 1.807) is 18.3 Å². The summed E-state index contributed by atoms with van der Waals surface area (Å²) >= 11 is 3.49. The van der Waals surface area contributed by atoms with Gasteiger partial charge in [-0.15, -0.1) is 13.2 Å². The van der Waals surface area contributed by atoms with Crippen molar-refractivity contribution in [2.75, 3.05) is 6.54 Å². The molecule has 0 atom stereocenters. The number of alkyl halides is 3. The Kier molecular flexibility index (Phi) is 5.35. The first-order chi connectivity index (χ1) is 13.8. The highest BCUT2D eigenvalue weighted by atomic mass is 79.9. The van der Waals surface area contributed by atoms with Gasteiger partial charge in [-0.1, -0.05) is 6.07 Å². The molecule has 152 valence electrons. The number of halogens is 4. The van der Waals surface area contributed by atoms with E-state index in [4.69, 9.17) is 4.98 Å². The van der Waals surface area contributed by atoms with Crippen molar-refractivity contribution >= 4 is 15.9 Å². The predicted octanol–water partition coefficient (Wildman–Crippen LogP) is 4.70. The minimum atomic E-state index is -4.70. The van der Waals surface area contributed by atoms with Crippen molar-refractivity contribution in [3.8, 4) is 17.1 Å². The second-order valence-corrected chi connectivity index (χ2v) is 7.63. The quantitative estimate of drug-likeness (QED) is 0.522. The summed E-state index contributed by atoms with van der Waals surface area (Å²) in [6, 6.07) is 9.78. The van der Waals surface area contributed by atoms with Crippen LogP contribution in [-0.2, 0) is 26.6 Å². The molecule has 0 saturated heterocycles. The van der Waals surface area contributed by atoms with Crippen LogP contribution in [0.15, 0.2) is 47.2 Å². The van der Waals surface area contributed by atoms with Gasteiger partial charge in [-0.05, 0) is 51.8 Å². The summed E-state index contributed by atoms with van der Waals surface area (Å²) in [5.41, 5.74) is 4.01. The van der Waals surface area contributed by atoms with Gasteiger partial charge in [0.1, 0.15) is 16.2 Å². The van der Waals surface area contributed by atoms with Crippen LogP contribution in [0, 0.1) is 0 Å². The second-order valence-electron chi connectivity index (χ2n) is 6.87. The van der Waals surface area contributed by atoms with Crippen molar-refractivity contribution in [3.05, 3.63) is 64.1 Å². The Morgan fingerprint density at radius 1 is 1.17 bits per heavy atom. The monoisotopic (exact) mass is 466 g/mol. The lowest BCUT2D eigenvalue weighted by Crippen LogP contribution is -2.31. The van der Waals surface area contributed by atoms with Gasteiger partial charge in [0.25, 0.3) is 0 Å². The van der Waals surface area contributed by atoms with Crippen molar-refractivity contribution in [1.82, 2.24) is 19.4 Å². The van der Waals surface area contributed by atoms with Crippen LogP contribution in [-0.4, -0.2) is 32.3 Å². The van der Waals surface area contributed by atoms with E-state index >= 15 is 0 Å². The van der Waals surface area contributed by atoms with E-state index in [9.17, 15) is 13.2 Å². The van der Waals surface area contributed by atoms with E-state index in [0.29, 0.717) is 0 Å². The summed E-state index contributed by atoms with van der Waals surface area (Å²) in [7, 11) is 1.94. The molecule has 0 amide bonds. The topological polar surface area (TPSA) is 43.2 Å². The number of hydrogen-bond acceptors (Lipinski definition) is 4. The molecule has 1 aromatic carbocycles. The van der Waals surface area contributed by atoms with Crippen molar-refractivity contribution in [3.63, 3.8) is 0 Å². The summed E-state index contributed by atoms with van der Waals surface area (Å²) in [5.74, 6) is 0.492. The number of pyridine rings is 1. The Morgan fingerprint density at radius 2 is 1.93 bits per heavy atom. The van der Waals surface area contributed by atoms with Gasteiger partial charge in [0.2, 0.25) is 0 Å². The molecule has 29 heavy (non-hydrogen) atoms. The minimum absolute atomic E-state index is 0.242. The van der Waals surface area contributed by atoms with Crippen molar-refractivity contribution in [2.24, 2.45) is 7.05 Å². The number of ether oxygens (including phenoxy) is 1. The van der Waals surface area contributed by atoms with Gasteiger partial charge in [0.15, 0.2) is 0 Å². The van der Waals surface area contributed by atoms with Gasteiger partial charge in [0.05, 0.1) is 11.4 Å². The maximum absolute atomic E-state index is 12.4. The number of aromatic nitrogens is 3. The molecule has 1 aliphatic heterocycles. The summed E-state index contributed by atoms with van der Waals surface area (Å²) in [4.78, 5) is 11.3. The molecule has 9 heteroatoms. The lowest BCUT2D eigenvalue weighted by atomic mass is 10.1. The highest BCUT2D eigenvalue weighted by Crippen LogP contribution is 2.29. The second kappa shape index (κ2) is 7.79. The molecule has 0 unspecified atom stereocenters. The van der Waals surface area contributed by atoms with Crippen LogP contribution < -0.4 is 4.74 Å². The van der Waals surface area contributed by atoms with Gasteiger partial charge >= 0.3 is 6.36 Å². The van der Waals surface area contributed by atoms with Gasteiger partial charge in [-0.3, -0.25) is 4.90 Å². The third kappa shape index (κ3) is 4.45. The SMILES string of the molecule is Cn1c(-c2ccc(OC(F)(F)F)cc2)nc2c1CN(Cc1cccnc1Br)CC2. The first kappa shape index (κ1) is 19.9. The molecule has 3 heterocycles. The molecule has 0 aliphatic carbocycles. The zero-order chi connectivity index (χ0) is 20.6. The van der Waals surface area contributed by atoms with Crippen LogP contribution in [0.2, 0.25) is 0 Å². The Balaban J connectivity index is 1.53. The highest BCUT2D eigenvalue weighted by molar-refractivity contribution is 9.10. The first-order valence-electron chi connectivity index (χ1n) is 9.02. The Morgan fingerprint density at radius 3 is 2.62 bits per heavy atom. The number of benzene rings is 1. The van der Waals surface area contributed by atoms with Gasteiger partial charge in [-0.25, -0.2) is 9.97 Å². The van der Waals surface area contributed by atoms with Crippen LogP contribution >= 0.6 is 15.9 Å². The smallest absolute Gasteiger partial charge is 0.406 e. The first-order valence-corrected chi connectivity index (χ1v) is 9.82. The van der Waals surface area contributed by atoms with Crippen LogP contribution in [0.3, 0.4) is 0 Å². The number of nitrogens with zero attached hydrogens (tertiary/aromatic N) is 4. The average molecular weight is 467 g/mol. The fraction of sp³-hybridized carbons (Fsp3) is 0.300. The molecule has 0 radical (unpaired) electrons. The Bertz CT molecular complexity index is 1020. The number of imidazole rings is 1. The molecule has 0 saturated carbocycles. The summed E-state index contributed by atoms with van der Waals surface area (Å²) in [5, 5.41) is 0. The molecule has 0 fully saturated rings. The fourth-order valence-corrected chi connectivity index (χ4v) is 3.89. The van der Waals surface area contributed by atoms with E-state index in [1.165, 1.54) is 12.1 Å². The molecular formula is C20H18BrF3N4O. The maximum Gasteiger partial charge on any atom is 0.573 e. The van der Waals surface area contributed by atoms with E-state index in [0.717, 1.165) is 59.0 Å². The van der Waals surface area contributed by atoms with Crippen LogP contribution in [0.25, 0.3) is 11.4 Å². The molecule has 2 aromatic heterocycles. The molecule has 0 N–H and O–H groups in total. The normalized spacial score (nSPS) is 14.7. The van der Waals surface area contributed by atoms with Crippen molar-refractivity contribution in [1.29, 1.82) is 0 Å². The predicted molar refractivity (Wildman–Crippen MR) is 105 cm³/mol. The van der Waals surface area contributed by atoms with E-state index in [-0.39, 0.29) is 5.75 Å². The van der Waals surface area contributed by atoms with Gasteiger partial charge in [0, 0.05) is 44.9 Å². The molecular weight excluding hydrogens is 449 g/mol. The Hall–Kier alpha value is -2.39. The summed E-state index contributed by atoms with van der Waals surface area (Å²) in [6.45, 7) is 2.40. The van der Waals surface area contributed by atoms with Crippen molar-refractivity contribution in [2.45, 2.75) is 25.9 Å². The zero-order valence-corrected chi connectivity index (χ0v) is 17.2. The van der Waals surface area contributed by atoms with Crippen LogP contribution in [0.4, 0.5) is 13.2 Å². The third-order valence-corrected chi connectivity index (χ3v) is 5.63. The number of rotatable bonds is 4. The van der Waals surface area contributed by atoms with Crippen molar-refractivity contribution < 1.29 is 17.9 Å².